The minimum Gasteiger partial charge on any atom is -0.382 e. The fraction of sp³-hybridized carbons (Fsp3) is 0.286. The Balaban J connectivity index is 2.19. The van der Waals surface area contributed by atoms with Gasteiger partial charge in [-0.3, -0.25) is 9.36 Å². The lowest BCUT2D eigenvalue weighted by molar-refractivity contribution is 0.609. The smallest absolute Gasteiger partial charge is 0.148 e. The van der Waals surface area contributed by atoms with Gasteiger partial charge in [0.1, 0.15) is 24.5 Å². The molecule has 0 saturated heterocycles. The molecule has 2 N–H and O–H groups in total. The van der Waals surface area contributed by atoms with Gasteiger partial charge in [0.15, 0.2) is 0 Å². The summed E-state index contributed by atoms with van der Waals surface area (Å²) < 4.78 is 3.43. The lowest BCUT2D eigenvalue weighted by Gasteiger charge is -1.99. The van der Waals surface area contributed by atoms with Crippen molar-refractivity contribution in [3.63, 3.8) is 0 Å². The number of hydrogen-bond donors (Lipinski definition) is 1. The van der Waals surface area contributed by atoms with E-state index >= 15 is 0 Å². The van der Waals surface area contributed by atoms with Gasteiger partial charge in [0.2, 0.25) is 0 Å². The molecule has 2 aromatic rings. The number of rotatable bonds is 2. The fourth-order valence-electron chi connectivity index (χ4n) is 1.07. The second kappa shape index (κ2) is 2.89. The monoisotopic (exact) mass is 178 g/mol. The summed E-state index contributed by atoms with van der Waals surface area (Å²) in [5, 5.41) is 7.99. The van der Waals surface area contributed by atoms with Crippen LogP contribution in [0.2, 0.25) is 0 Å². The number of aromatic nitrogens is 5. The molecule has 6 nitrogen and oxygen atoms in total. The van der Waals surface area contributed by atoms with E-state index in [1.807, 2.05) is 13.2 Å². The predicted molar refractivity (Wildman–Crippen MR) is 46.7 cm³/mol. The molecule has 68 valence electrons. The molecule has 2 rings (SSSR count). The summed E-state index contributed by atoms with van der Waals surface area (Å²) in [6.07, 6.45) is 3.33. The molecule has 0 amide bonds. The first-order valence-electron chi connectivity index (χ1n) is 3.87. The van der Waals surface area contributed by atoms with Crippen LogP contribution in [0.3, 0.4) is 0 Å². The third-order valence-electron chi connectivity index (χ3n) is 1.77. The molecule has 0 aromatic carbocycles. The SMILES string of the molecule is Cn1ncnc1Cn1ccc(N)n1. The van der Waals surface area contributed by atoms with Crippen LogP contribution in [0.15, 0.2) is 18.6 Å². The van der Waals surface area contributed by atoms with Crippen molar-refractivity contribution < 1.29 is 0 Å². The van der Waals surface area contributed by atoms with Gasteiger partial charge in [-0.25, -0.2) is 4.98 Å². The van der Waals surface area contributed by atoms with Crippen LogP contribution >= 0.6 is 0 Å². The van der Waals surface area contributed by atoms with Crippen LogP contribution in [0.25, 0.3) is 0 Å². The standard InChI is InChI=1S/C7H10N6/c1-12-7(9-5-10-12)4-13-3-2-6(8)11-13/h2-3,5H,4H2,1H3,(H2,8,11). The zero-order valence-corrected chi connectivity index (χ0v) is 7.25. The van der Waals surface area contributed by atoms with Crippen molar-refractivity contribution in [2.24, 2.45) is 7.05 Å². The molecule has 0 aliphatic rings. The highest BCUT2D eigenvalue weighted by Gasteiger charge is 2.01. The Bertz CT molecular complexity index is 401. The average molecular weight is 178 g/mol. The summed E-state index contributed by atoms with van der Waals surface area (Å²) in [6.45, 7) is 0.591. The molecule has 0 unspecified atom stereocenters. The van der Waals surface area contributed by atoms with Crippen LogP contribution in [0.5, 0.6) is 0 Å². The molecule has 0 bridgehead atoms. The molecule has 0 aliphatic heterocycles. The van der Waals surface area contributed by atoms with E-state index in [1.165, 1.54) is 6.33 Å². The molecule has 2 aromatic heterocycles. The van der Waals surface area contributed by atoms with Crippen molar-refractivity contribution in [2.75, 3.05) is 5.73 Å². The lowest BCUT2D eigenvalue weighted by Crippen LogP contribution is -2.07. The first-order valence-corrected chi connectivity index (χ1v) is 3.87. The first kappa shape index (κ1) is 7.78. The van der Waals surface area contributed by atoms with Crippen molar-refractivity contribution in [1.82, 2.24) is 24.5 Å². The van der Waals surface area contributed by atoms with E-state index in [4.69, 9.17) is 5.73 Å². The van der Waals surface area contributed by atoms with E-state index in [0.717, 1.165) is 5.82 Å². The molecule has 0 fully saturated rings. The Morgan fingerprint density at radius 2 is 2.38 bits per heavy atom. The second-order valence-electron chi connectivity index (χ2n) is 2.74. The summed E-state index contributed by atoms with van der Waals surface area (Å²) in [5.41, 5.74) is 5.47. The van der Waals surface area contributed by atoms with E-state index in [0.29, 0.717) is 12.4 Å². The normalized spacial score (nSPS) is 10.5. The predicted octanol–water partition coefficient (Wildman–Crippen LogP) is -0.358. The van der Waals surface area contributed by atoms with Crippen LogP contribution in [0, 0.1) is 0 Å². The van der Waals surface area contributed by atoms with Crippen molar-refractivity contribution in [2.45, 2.75) is 6.54 Å². The number of hydrogen-bond acceptors (Lipinski definition) is 4. The van der Waals surface area contributed by atoms with Crippen LogP contribution in [-0.4, -0.2) is 24.5 Å². The second-order valence-corrected chi connectivity index (χ2v) is 2.74. The van der Waals surface area contributed by atoms with E-state index in [9.17, 15) is 0 Å². The maximum Gasteiger partial charge on any atom is 0.148 e. The maximum absolute atomic E-state index is 5.47. The largest absolute Gasteiger partial charge is 0.382 e. The van der Waals surface area contributed by atoms with Crippen molar-refractivity contribution in [3.8, 4) is 0 Å². The summed E-state index contributed by atoms with van der Waals surface area (Å²) in [6, 6.07) is 1.75. The van der Waals surface area contributed by atoms with Gasteiger partial charge in [0, 0.05) is 13.2 Å². The van der Waals surface area contributed by atoms with Gasteiger partial charge in [-0.2, -0.15) is 10.2 Å². The summed E-state index contributed by atoms with van der Waals surface area (Å²) >= 11 is 0. The molecule has 0 atom stereocenters. The number of anilines is 1. The Morgan fingerprint density at radius 3 is 2.92 bits per heavy atom. The van der Waals surface area contributed by atoms with Crippen LogP contribution in [-0.2, 0) is 13.6 Å². The quantitative estimate of drug-likeness (QED) is 0.681. The summed E-state index contributed by atoms with van der Waals surface area (Å²) in [7, 11) is 1.84. The topological polar surface area (TPSA) is 74.5 Å². The molecule has 0 aliphatic carbocycles. The summed E-state index contributed by atoms with van der Waals surface area (Å²) in [4.78, 5) is 4.07. The Kier molecular flexibility index (Phi) is 1.73. The highest BCUT2D eigenvalue weighted by Crippen LogP contribution is 1.99. The van der Waals surface area contributed by atoms with Crippen molar-refractivity contribution in [1.29, 1.82) is 0 Å². The van der Waals surface area contributed by atoms with Gasteiger partial charge >= 0.3 is 0 Å². The minimum absolute atomic E-state index is 0.516. The Hall–Kier alpha value is -1.85. The lowest BCUT2D eigenvalue weighted by atomic mass is 10.6. The molecule has 0 saturated carbocycles. The third-order valence-corrected chi connectivity index (χ3v) is 1.77. The van der Waals surface area contributed by atoms with Crippen LogP contribution in [0.1, 0.15) is 5.82 Å². The van der Waals surface area contributed by atoms with Gasteiger partial charge in [0.05, 0.1) is 0 Å². The number of nitrogens with zero attached hydrogens (tertiary/aromatic N) is 5. The molecule has 0 spiro atoms. The summed E-state index contributed by atoms with van der Waals surface area (Å²) in [5.74, 6) is 1.37. The molecule has 13 heavy (non-hydrogen) atoms. The van der Waals surface area contributed by atoms with Gasteiger partial charge < -0.3 is 5.73 Å². The average Bonchev–Trinajstić information content (AvgIpc) is 2.64. The third kappa shape index (κ3) is 1.51. The van der Waals surface area contributed by atoms with E-state index < -0.39 is 0 Å². The maximum atomic E-state index is 5.47. The number of nitrogen functional groups attached to an aromatic ring is 1. The molecular formula is C7H10N6. The van der Waals surface area contributed by atoms with Gasteiger partial charge in [-0.05, 0) is 6.07 Å². The zero-order valence-electron chi connectivity index (χ0n) is 7.25. The van der Waals surface area contributed by atoms with Gasteiger partial charge in [-0.15, -0.1) is 0 Å². The minimum atomic E-state index is 0.516. The van der Waals surface area contributed by atoms with E-state index in [-0.39, 0.29) is 0 Å². The number of nitrogens with two attached hydrogens (primary N) is 1. The molecule has 0 radical (unpaired) electrons. The number of aryl methyl sites for hydroxylation is 1. The first-order chi connectivity index (χ1) is 6.25. The Morgan fingerprint density at radius 1 is 1.54 bits per heavy atom. The molecule has 6 heteroatoms. The van der Waals surface area contributed by atoms with Crippen molar-refractivity contribution >= 4 is 5.82 Å². The van der Waals surface area contributed by atoms with Crippen LogP contribution in [0.4, 0.5) is 5.82 Å². The van der Waals surface area contributed by atoms with Gasteiger partial charge in [0.25, 0.3) is 0 Å². The Labute approximate surface area is 75.0 Å². The zero-order chi connectivity index (χ0) is 9.26. The fourth-order valence-corrected chi connectivity index (χ4v) is 1.07. The molecule has 2 heterocycles. The highest BCUT2D eigenvalue weighted by atomic mass is 15.4. The van der Waals surface area contributed by atoms with E-state index in [1.54, 1.807) is 15.4 Å². The van der Waals surface area contributed by atoms with Crippen molar-refractivity contribution in [3.05, 3.63) is 24.4 Å². The molecular weight excluding hydrogens is 168 g/mol. The highest BCUT2D eigenvalue weighted by molar-refractivity contribution is 5.23. The van der Waals surface area contributed by atoms with Crippen LogP contribution < -0.4 is 5.73 Å². The van der Waals surface area contributed by atoms with Gasteiger partial charge in [-0.1, -0.05) is 0 Å². The van der Waals surface area contributed by atoms with E-state index in [2.05, 4.69) is 15.2 Å².